The van der Waals surface area contributed by atoms with Crippen LogP contribution in [0.5, 0.6) is 0 Å². The number of nitrogens with zero attached hydrogens (tertiary/aromatic N) is 2. The molecule has 0 spiro atoms. The first-order chi connectivity index (χ1) is 13.3. The van der Waals surface area contributed by atoms with E-state index in [0.717, 1.165) is 19.3 Å². The van der Waals surface area contributed by atoms with Gasteiger partial charge in [-0.3, -0.25) is 9.68 Å². The maximum Gasteiger partial charge on any atom is 0.155 e. The highest BCUT2D eigenvalue weighted by Gasteiger charge is 2.26. The van der Waals surface area contributed by atoms with E-state index in [1.807, 2.05) is 89.0 Å². The van der Waals surface area contributed by atoms with Crippen molar-refractivity contribution >= 4 is 5.94 Å². The van der Waals surface area contributed by atoms with Crippen LogP contribution in [0, 0.1) is 0 Å². The molecular formula is C23H46N2O5. The van der Waals surface area contributed by atoms with Gasteiger partial charge in [0.15, 0.2) is 11.6 Å². The van der Waals surface area contributed by atoms with Crippen LogP contribution in [-0.2, 0) is 24.1 Å². The van der Waals surface area contributed by atoms with Crippen LogP contribution in [0.4, 0.5) is 0 Å². The highest BCUT2D eigenvalue weighted by molar-refractivity contribution is 5.50. The fourth-order valence-corrected chi connectivity index (χ4v) is 2.24. The molecule has 0 bridgehead atoms. The van der Waals surface area contributed by atoms with E-state index in [0.29, 0.717) is 18.7 Å². The predicted octanol–water partition coefficient (Wildman–Crippen LogP) is 5.79. The van der Waals surface area contributed by atoms with Gasteiger partial charge >= 0.3 is 0 Å². The molecule has 178 valence electrons. The van der Waals surface area contributed by atoms with Gasteiger partial charge in [-0.05, 0) is 95.9 Å². The standard InChI is InChI=1S/C23H46N2O5/c1-20(2,3)27-24(28-21(4,5)6)17-15-13-14-16-19(18-26)25(29-22(7,8)9)30-23(10,11)12/h13-17H2,1-12H3. The Kier molecular flexibility index (Phi) is 11.2. The van der Waals surface area contributed by atoms with Gasteiger partial charge in [-0.25, -0.2) is 14.5 Å². The summed E-state index contributed by atoms with van der Waals surface area (Å²) in [7, 11) is 0. The van der Waals surface area contributed by atoms with E-state index in [1.54, 1.807) is 5.23 Å². The molecule has 0 aliphatic carbocycles. The molecule has 0 atom stereocenters. The molecule has 0 aromatic rings. The van der Waals surface area contributed by atoms with Gasteiger partial charge in [-0.15, -0.1) is 5.23 Å². The van der Waals surface area contributed by atoms with Crippen LogP contribution in [0.1, 0.15) is 109 Å². The zero-order valence-electron chi connectivity index (χ0n) is 21.5. The minimum absolute atomic E-state index is 0.340. The summed E-state index contributed by atoms with van der Waals surface area (Å²) in [6, 6.07) is 0. The Morgan fingerprint density at radius 2 is 1.03 bits per heavy atom. The largest absolute Gasteiger partial charge is 0.268 e. The van der Waals surface area contributed by atoms with Crippen molar-refractivity contribution in [3.05, 3.63) is 5.70 Å². The Balaban J connectivity index is 4.77. The number of allylic oxidation sites excluding steroid dienone is 1. The summed E-state index contributed by atoms with van der Waals surface area (Å²) in [6.07, 6.45) is 3.05. The first-order valence-corrected chi connectivity index (χ1v) is 10.9. The second-order valence-corrected chi connectivity index (χ2v) is 11.5. The third-order valence-electron chi connectivity index (χ3n) is 3.06. The number of hydrogen-bond donors (Lipinski definition) is 0. The van der Waals surface area contributed by atoms with Crippen LogP contribution in [0.15, 0.2) is 5.70 Å². The van der Waals surface area contributed by atoms with Gasteiger partial charge in [-0.2, -0.15) is 0 Å². The van der Waals surface area contributed by atoms with Crippen LogP contribution in [0.25, 0.3) is 0 Å². The maximum atomic E-state index is 11.6. The molecule has 0 N–H and O–H groups in total. The summed E-state index contributed by atoms with van der Waals surface area (Å²) in [5.74, 6) is 1.99. The van der Waals surface area contributed by atoms with Gasteiger partial charge in [0, 0.05) is 6.42 Å². The first-order valence-electron chi connectivity index (χ1n) is 10.9. The second kappa shape index (κ2) is 11.6. The Hall–Kier alpha value is -0.950. The van der Waals surface area contributed by atoms with Crippen molar-refractivity contribution < 1.29 is 24.1 Å². The topological polar surface area (TPSA) is 60.5 Å². The highest BCUT2D eigenvalue weighted by Crippen LogP contribution is 2.23. The van der Waals surface area contributed by atoms with Crippen molar-refractivity contribution in [3.63, 3.8) is 0 Å². The van der Waals surface area contributed by atoms with Crippen molar-refractivity contribution in [2.45, 2.75) is 131 Å². The Morgan fingerprint density at radius 3 is 1.37 bits per heavy atom. The van der Waals surface area contributed by atoms with Crippen molar-refractivity contribution in [3.8, 4) is 0 Å². The normalized spacial score (nSPS) is 13.5. The highest BCUT2D eigenvalue weighted by atomic mass is 17.0. The Morgan fingerprint density at radius 1 is 0.633 bits per heavy atom. The smallest absolute Gasteiger partial charge is 0.155 e. The van der Waals surface area contributed by atoms with E-state index >= 15 is 0 Å². The van der Waals surface area contributed by atoms with Crippen LogP contribution in [-0.4, -0.2) is 45.3 Å². The number of unbranched alkanes of at least 4 members (excludes halogenated alkanes) is 2. The molecule has 0 fully saturated rings. The molecule has 0 saturated carbocycles. The molecule has 0 aliphatic rings. The molecule has 0 aliphatic heterocycles. The average Bonchev–Trinajstić information content (AvgIpc) is 2.43. The lowest BCUT2D eigenvalue weighted by molar-refractivity contribution is -0.428. The molecule has 0 aromatic heterocycles. The lowest BCUT2D eigenvalue weighted by atomic mass is 10.1. The average molecular weight is 431 g/mol. The van der Waals surface area contributed by atoms with E-state index in [-0.39, 0.29) is 11.2 Å². The third-order valence-corrected chi connectivity index (χ3v) is 3.06. The Bertz CT molecular complexity index is 512. The minimum atomic E-state index is -0.498. The second-order valence-electron chi connectivity index (χ2n) is 11.5. The molecule has 0 amide bonds. The number of hydroxylamine groups is 4. The number of carbonyl (C=O) groups excluding carboxylic acids is 1. The van der Waals surface area contributed by atoms with Crippen molar-refractivity contribution in [2.75, 3.05) is 6.54 Å². The van der Waals surface area contributed by atoms with E-state index in [1.165, 1.54) is 5.23 Å². The summed E-state index contributed by atoms with van der Waals surface area (Å²) >= 11 is 0. The SMILES string of the molecule is CC(C)(C)ON(CCCCCC(=C=O)N(OC(C)(C)C)OC(C)(C)C)OC(C)(C)C. The first kappa shape index (κ1) is 29.1. The van der Waals surface area contributed by atoms with Crippen LogP contribution in [0.2, 0.25) is 0 Å². The van der Waals surface area contributed by atoms with Gasteiger partial charge < -0.3 is 0 Å². The van der Waals surface area contributed by atoms with Crippen LogP contribution in [0.3, 0.4) is 0 Å². The fourth-order valence-electron chi connectivity index (χ4n) is 2.24. The van der Waals surface area contributed by atoms with Crippen LogP contribution < -0.4 is 0 Å². The molecule has 30 heavy (non-hydrogen) atoms. The van der Waals surface area contributed by atoms with Gasteiger partial charge in [0.25, 0.3) is 0 Å². The molecule has 0 radical (unpaired) electrons. The molecule has 0 heterocycles. The summed E-state index contributed by atoms with van der Waals surface area (Å²) in [5, 5.41) is 2.82. The fraction of sp³-hybridized carbons (Fsp3) is 0.913. The predicted molar refractivity (Wildman–Crippen MR) is 120 cm³/mol. The quantitative estimate of drug-likeness (QED) is 0.234. The monoisotopic (exact) mass is 430 g/mol. The van der Waals surface area contributed by atoms with E-state index < -0.39 is 11.2 Å². The van der Waals surface area contributed by atoms with Gasteiger partial charge in [-0.1, -0.05) is 11.6 Å². The summed E-state index contributed by atoms with van der Waals surface area (Å²) in [6.45, 7) is 24.0. The lowest BCUT2D eigenvalue weighted by Gasteiger charge is -2.34. The van der Waals surface area contributed by atoms with Crippen molar-refractivity contribution in [1.82, 2.24) is 10.5 Å². The summed E-state index contributed by atoms with van der Waals surface area (Å²) < 4.78 is 0. The number of rotatable bonds is 11. The zero-order chi connectivity index (χ0) is 23.8. The molecule has 0 saturated heterocycles. The van der Waals surface area contributed by atoms with Gasteiger partial charge in [0.05, 0.1) is 28.9 Å². The summed E-state index contributed by atoms with van der Waals surface area (Å²) in [5.41, 5.74) is -1.32. The molecule has 7 nitrogen and oxygen atoms in total. The van der Waals surface area contributed by atoms with E-state index in [2.05, 4.69) is 0 Å². The van der Waals surface area contributed by atoms with E-state index in [4.69, 9.17) is 19.4 Å². The molecular weight excluding hydrogens is 384 g/mol. The van der Waals surface area contributed by atoms with Crippen molar-refractivity contribution in [2.24, 2.45) is 0 Å². The zero-order valence-corrected chi connectivity index (χ0v) is 21.5. The molecule has 0 aromatic carbocycles. The maximum absolute atomic E-state index is 11.6. The van der Waals surface area contributed by atoms with Crippen molar-refractivity contribution in [1.29, 1.82) is 0 Å². The summed E-state index contributed by atoms with van der Waals surface area (Å²) in [4.78, 5) is 35.1. The lowest BCUT2D eigenvalue weighted by Crippen LogP contribution is -2.40. The van der Waals surface area contributed by atoms with Gasteiger partial charge in [0.1, 0.15) is 0 Å². The van der Waals surface area contributed by atoms with Gasteiger partial charge in [0.2, 0.25) is 0 Å². The third kappa shape index (κ3) is 16.8. The Labute approximate surface area is 184 Å². The molecule has 0 unspecified atom stereocenters. The van der Waals surface area contributed by atoms with E-state index in [9.17, 15) is 4.79 Å². The van der Waals surface area contributed by atoms with Crippen LogP contribution >= 0.6 is 0 Å². The minimum Gasteiger partial charge on any atom is -0.268 e. The molecule has 7 heteroatoms. The molecule has 0 rings (SSSR count). The number of hydrogen-bond acceptors (Lipinski definition) is 7.